The molecule has 5 nitrogen and oxygen atoms in total. The Balaban J connectivity index is 2.28. The normalized spacial score (nSPS) is 21.4. The lowest BCUT2D eigenvalue weighted by molar-refractivity contribution is -0.145. The average molecular weight is 315 g/mol. The van der Waals surface area contributed by atoms with E-state index < -0.39 is 33.7 Å². The van der Waals surface area contributed by atoms with Gasteiger partial charge in [0.25, 0.3) is 0 Å². The molecule has 2 rings (SSSR count). The monoisotopic (exact) mass is 315 g/mol. The molecule has 1 aromatic rings. The zero-order valence-corrected chi connectivity index (χ0v) is 12.7. The van der Waals surface area contributed by atoms with Crippen LogP contribution < -0.4 is 5.32 Å². The number of sulfone groups is 1. The fourth-order valence-electron chi connectivity index (χ4n) is 2.42. The molecule has 1 aliphatic rings. The first-order valence-electron chi connectivity index (χ1n) is 6.80. The van der Waals surface area contributed by atoms with Crippen LogP contribution in [-0.4, -0.2) is 32.8 Å². The van der Waals surface area contributed by atoms with Crippen LogP contribution in [-0.2, 0) is 19.4 Å². The summed E-state index contributed by atoms with van der Waals surface area (Å²) in [5, 5.41) is 3.02. The standard InChI is InChI=1S/C14H18FNO4S/c1-3-20-14(17)9(2)16-12-6-7-21(18,19)13-5-4-10(15)8-11(12)13/h4-5,8-9,12,16H,3,6-7H2,1-2H3. The molecule has 0 radical (unpaired) electrons. The van der Waals surface area contributed by atoms with Gasteiger partial charge in [0.1, 0.15) is 11.9 Å². The third kappa shape index (κ3) is 3.41. The Kier molecular flexibility index (Phi) is 4.63. The molecule has 116 valence electrons. The largest absolute Gasteiger partial charge is 0.465 e. The summed E-state index contributed by atoms with van der Waals surface area (Å²) in [5.74, 6) is -0.941. The van der Waals surface area contributed by atoms with Crippen LogP contribution in [0.3, 0.4) is 0 Å². The first-order valence-corrected chi connectivity index (χ1v) is 8.45. The fraction of sp³-hybridized carbons (Fsp3) is 0.500. The Hall–Kier alpha value is -1.47. The summed E-state index contributed by atoms with van der Waals surface area (Å²) >= 11 is 0. The van der Waals surface area contributed by atoms with Gasteiger partial charge in [0.05, 0.1) is 17.3 Å². The van der Waals surface area contributed by atoms with E-state index in [9.17, 15) is 17.6 Å². The Morgan fingerprint density at radius 3 is 2.90 bits per heavy atom. The number of carbonyl (C=O) groups is 1. The van der Waals surface area contributed by atoms with E-state index in [4.69, 9.17) is 4.74 Å². The summed E-state index contributed by atoms with van der Waals surface area (Å²) in [4.78, 5) is 11.8. The van der Waals surface area contributed by atoms with E-state index in [0.29, 0.717) is 12.0 Å². The average Bonchev–Trinajstić information content (AvgIpc) is 2.42. The van der Waals surface area contributed by atoms with Crippen molar-refractivity contribution in [3.05, 3.63) is 29.6 Å². The molecule has 0 saturated carbocycles. The van der Waals surface area contributed by atoms with E-state index in [2.05, 4.69) is 5.32 Å². The minimum atomic E-state index is -3.38. The number of hydrogen-bond acceptors (Lipinski definition) is 5. The second-order valence-electron chi connectivity index (χ2n) is 4.98. The molecule has 0 aliphatic carbocycles. The summed E-state index contributed by atoms with van der Waals surface area (Å²) in [7, 11) is -3.38. The van der Waals surface area contributed by atoms with E-state index in [1.165, 1.54) is 12.1 Å². The quantitative estimate of drug-likeness (QED) is 0.675. The molecule has 0 saturated heterocycles. The summed E-state index contributed by atoms with van der Waals surface area (Å²) in [6.07, 6.45) is 0.294. The first-order chi connectivity index (χ1) is 9.85. The summed E-state index contributed by atoms with van der Waals surface area (Å²) in [6.45, 7) is 3.62. The maximum Gasteiger partial charge on any atom is 0.322 e. The predicted octanol–water partition coefficient (Wildman–Crippen LogP) is 1.59. The van der Waals surface area contributed by atoms with Gasteiger partial charge in [-0.25, -0.2) is 12.8 Å². The van der Waals surface area contributed by atoms with Gasteiger partial charge < -0.3 is 4.74 Å². The molecule has 0 spiro atoms. The second kappa shape index (κ2) is 6.11. The van der Waals surface area contributed by atoms with Crippen LogP contribution in [0.4, 0.5) is 4.39 Å². The molecular formula is C14H18FNO4S. The maximum absolute atomic E-state index is 13.4. The van der Waals surface area contributed by atoms with Crippen molar-refractivity contribution in [2.75, 3.05) is 12.4 Å². The number of ether oxygens (including phenoxy) is 1. The van der Waals surface area contributed by atoms with E-state index >= 15 is 0 Å². The first kappa shape index (κ1) is 15.9. The molecule has 7 heteroatoms. The summed E-state index contributed by atoms with van der Waals surface area (Å²) in [6, 6.07) is 2.64. The number of benzene rings is 1. The van der Waals surface area contributed by atoms with Crippen molar-refractivity contribution >= 4 is 15.8 Å². The summed E-state index contributed by atoms with van der Waals surface area (Å²) in [5.41, 5.74) is 0.373. The lowest BCUT2D eigenvalue weighted by Gasteiger charge is -2.28. The van der Waals surface area contributed by atoms with Gasteiger partial charge in [-0.15, -0.1) is 0 Å². The van der Waals surface area contributed by atoms with E-state index in [0.717, 1.165) is 6.07 Å². The van der Waals surface area contributed by atoms with E-state index in [-0.39, 0.29) is 17.3 Å². The minimum Gasteiger partial charge on any atom is -0.465 e. The lowest BCUT2D eigenvalue weighted by atomic mass is 10.0. The molecule has 0 amide bonds. The van der Waals surface area contributed by atoms with Gasteiger partial charge in [0, 0.05) is 6.04 Å². The van der Waals surface area contributed by atoms with Crippen molar-refractivity contribution < 1.29 is 22.3 Å². The van der Waals surface area contributed by atoms with Gasteiger partial charge in [-0.2, -0.15) is 0 Å². The van der Waals surface area contributed by atoms with Crippen molar-refractivity contribution in [1.29, 1.82) is 0 Å². The van der Waals surface area contributed by atoms with Crippen molar-refractivity contribution in [2.24, 2.45) is 0 Å². The van der Waals surface area contributed by atoms with Crippen LogP contribution in [0.15, 0.2) is 23.1 Å². The van der Waals surface area contributed by atoms with Crippen molar-refractivity contribution in [2.45, 2.75) is 37.2 Å². The molecule has 1 aliphatic heterocycles. The summed E-state index contributed by atoms with van der Waals surface area (Å²) < 4.78 is 42.3. The van der Waals surface area contributed by atoms with Crippen molar-refractivity contribution in [3.63, 3.8) is 0 Å². The van der Waals surface area contributed by atoms with Crippen LogP contribution in [0.1, 0.15) is 31.9 Å². The smallest absolute Gasteiger partial charge is 0.322 e. The topological polar surface area (TPSA) is 72.5 Å². The SMILES string of the molecule is CCOC(=O)C(C)NC1CCS(=O)(=O)c2ccc(F)cc21. The zero-order valence-electron chi connectivity index (χ0n) is 11.9. The Bertz CT molecular complexity index is 644. The third-order valence-corrected chi connectivity index (χ3v) is 5.26. The number of nitrogens with one attached hydrogen (secondary N) is 1. The highest BCUT2D eigenvalue weighted by Crippen LogP contribution is 2.32. The minimum absolute atomic E-state index is 0.0289. The molecule has 0 bridgehead atoms. The van der Waals surface area contributed by atoms with E-state index in [1.807, 2.05) is 0 Å². The highest BCUT2D eigenvalue weighted by Gasteiger charge is 2.32. The lowest BCUT2D eigenvalue weighted by Crippen LogP contribution is -2.40. The molecular weight excluding hydrogens is 297 g/mol. The predicted molar refractivity (Wildman–Crippen MR) is 75.0 cm³/mol. The van der Waals surface area contributed by atoms with Crippen LogP contribution in [0.25, 0.3) is 0 Å². The maximum atomic E-state index is 13.4. The van der Waals surface area contributed by atoms with Crippen LogP contribution in [0.5, 0.6) is 0 Å². The molecule has 2 unspecified atom stereocenters. The number of fused-ring (bicyclic) bond motifs is 1. The van der Waals surface area contributed by atoms with E-state index in [1.54, 1.807) is 13.8 Å². The molecule has 0 fully saturated rings. The number of esters is 1. The molecule has 1 aromatic carbocycles. The van der Waals surface area contributed by atoms with Crippen molar-refractivity contribution in [1.82, 2.24) is 5.32 Å². The van der Waals surface area contributed by atoms with Gasteiger partial charge in [-0.1, -0.05) is 0 Å². The van der Waals surface area contributed by atoms with Gasteiger partial charge in [0.15, 0.2) is 9.84 Å². The van der Waals surface area contributed by atoms with Gasteiger partial charge >= 0.3 is 5.97 Å². The van der Waals surface area contributed by atoms with Gasteiger partial charge in [-0.05, 0) is 44.0 Å². The molecule has 0 aromatic heterocycles. The molecule has 21 heavy (non-hydrogen) atoms. The highest BCUT2D eigenvalue weighted by molar-refractivity contribution is 7.91. The van der Waals surface area contributed by atoms with Crippen molar-refractivity contribution in [3.8, 4) is 0 Å². The third-order valence-electron chi connectivity index (χ3n) is 3.45. The van der Waals surface area contributed by atoms with Crippen LogP contribution >= 0.6 is 0 Å². The number of rotatable bonds is 4. The number of carbonyl (C=O) groups excluding carboxylic acids is 1. The van der Waals surface area contributed by atoms with Gasteiger partial charge in [0.2, 0.25) is 0 Å². The number of hydrogen-bond donors (Lipinski definition) is 1. The molecule has 2 atom stereocenters. The molecule has 1 heterocycles. The van der Waals surface area contributed by atoms with Crippen LogP contribution in [0, 0.1) is 5.82 Å². The van der Waals surface area contributed by atoms with Gasteiger partial charge in [-0.3, -0.25) is 10.1 Å². The Morgan fingerprint density at radius 1 is 1.52 bits per heavy atom. The zero-order chi connectivity index (χ0) is 15.6. The second-order valence-corrected chi connectivity index (χ2v) is 7.06. The Labute approximate surface area is 123 Å². The fourth-order valence-corrected chi connectivity index (χ4v) is 4.03. The molecule has 1 N–H and O–H groups in total. The Morgan fingerprint density at radius 2 is 2.24 bits per heavy atom. The number of halogens is 1. The highest BCUT2D eigenvalue weighted by atomic mass is 32.2. The van der Waals surface area contributed by atoms with Crippen LogP contribution in [0.2, 0.25) is 0 Å².